The fourth-order valence-corrected chi connectivity index (χ4v) is 1.85. The summed E-state index contributed by atoms with van der Waals surface area (Å²) in [6.45, 7) is 9.99. The van der Waals surface area contributed by atoms with Crippen molar-refractivity contribution in [2.45, 2.75) is 40.3 Å². The molecular formula is C14H23N3O. The van der Waals surface area contributed by atoms with E-state index in [1.54, 1.807) is 0 Å². The van der Waals surface area contributed by atoms with Crippen LogP contribution >= 0.6 is 0 Å². The maximum Gasteiger partial charge on any atom is 0.239 e. The molecule has 1 aromatic rings. The van der Waals surface area contributed by atoms with Crippen LogP contribution in [-0.4, -0.2) is 34.9 Å². The van der Waals surface area contributed by atoms with E-state index in [0.29, 0.717) is 6.54 Å². The summed E-state index contributed by atoms with van der Waals surface area (Å²) in [5, 5.41) is 3.22. The van der Waals surface area contributed by atoms with E-state index in [2.05, 4.69) is 10.3 Å². The molecule has 0 aliphatic rings. The quantitative estimate of drug-likeness (QED) is 0.835. The monoisotopic (exact) mass is 249 g/mol. The first-order chi connectivity index (χ1) is 8.58. The van der Waals surface area contributed by atoms with E-state index in [-0.39, 0.29) is 11.9 Å². The lowest BCUT2D eigenvalue weighted by Gasteiger charge is -2.23. The van der Waals surface area contributed by atoms with E-state index in [9.17, 15) is 4.79 Å². The number of hydrogen-bond donors (Lipinski definition) is 1. The molecule has 0 fully saturated rings. The molecule has 0 aliphatic carbocycles. The number of hydrogen-bond acceptors (Lipinski definition) is 3. The second kappa shape index (κ2) is 7.11. The standard InChI is InChI=1S/C14H23N3O/c1-5-17(6-2)14(18)12(4)15-10-13-9-7-8-11(3)16-13/h7-9,12,15H,5-6,10H2,1-4H3. The molecule has 1 heterocycles. The minimum Gasteiger partial charge on any atom is -0.342 e. The topological polar surface area (TPSA) is 45.2 Å². The second-order valence-electron chi connectivity index (χ2n) is 4.38. The Labute approximate surface area is 109 Å². The van der Waals surface area contributed by atoms with Crippen LogP contribution < -0.4 is 5.32 Å². The van der Waals surface area contributed by atoms with Gasteiger partial charge in [0.2, 0.25) is 5.91 Å². The molecule has 0 radical (unpaired) electrons. The number of nitrogens with one attached hydrogen (secondary N) is 1. The van der Waals surface area contributed by atoms with Crippen molar-refractivity contribution in [2.75, 3.05) is 13.1 Å². The minimum atomic E-state index is -0.174. The Kier molecular flexibility index (Phi) is 5.78. The van der Waals surface area contributed by atoms with Crippen molar-refractivity contribution in [3.8, 4) is 0 Å². The van der Waals surface area contributed by atoms with Crippen molar-refractivity contribution < 1.29 is 4.79 Å². The predicted molar refractivity (Wildman–Crippen MR) is 73.2 cm³/mol. The van der Waals surface area contributed by atoms with Crippen LogP contribution in [0.25, 0.3) is 0 Å². The van der Waals surface area contributed by atoms with Gasteiger partial charge in [-0.3, -0.25) is 9.78 Å². The summed E-state index contributed by atoms with van der Waals surface area (Å²) < 4.78 is 0. The Morgan fingerprint density at radius 2 is 2.06 bits per heavy atom. The van der Waals surface area contributed by atoms with Gasteiger partial charge in [-0.2, -0.15) is 0 Å². The maximum absolute atomic E-state index is 12.0. The zero-order chi connectivity index (χ0) is 13.5. The van der Waals surface area contributed by atoms with E-state index in [1.807, 2.05) is 50.8 Å². The average molecular weight is 249 g/mol. The molecule has 0 saturated heterocycles. The highest BCUT2D eigenvalue weighted by molar-refractivity contribution is 5.81. The van der Waals surface area contributed by atoms with Gasteiger partial charge in [0.1, 0.15) is 0 Å². The summed E-state index contributed by atoms with van der Waals surface area (Å²) in [7, 11) is 0. The van der Waals surface area contributed by atoms with Gasteiger partial charge in [-0.1, -0.05) is 6.07 Å². The number of rotatable bonds is 6. The minimum absolute atomic E-state index is 0.146. The highest BCUT2D eigenvalue weighted by Crippen LogP contribution is 2.00. The third-order valence-electron chi connectivity index (χ3n) is 2.98. The number of amides is 1. The van der Waals surface area contributed by atoms with Crippen LogP contribution in [0.15, 0.2) is 18.2 Å². The normalized spacial score (nSPS) is 12.2. The first-order valence-electron chi connectivity index (χ1n) is 6.53. The van der Waals surface area contributed by atoms with Crippen molar-refractivity contribution in [1.29, 1.82) is 0 Å². The van der Waals surface area contributed by atoms with Crippen molar-refractivity contribution in [3.63, 3.8) is 0 Å². The smallest absolute Gasteiger partial charge is 0.239 e. The Morgan fingerprint density at radius 3 is 2.61 bits per heavy atom. The molecule has 0 bridgehead atoms. The van der Waals surface area contributed by atoms with Crippen molar-refractivity contribution in [3.05, 3.63) is 29.6 Å². The molecule has 1 rings (SSSR count). The van der Waals surface area contributed by atoms with Gasteiger partial charge in [-0.15, -0.1) is 0 Å². The van der Waals surface area contributed by atoms with E-state index in [4.69, 9.17) is 0 Å². The Bertz CT molecular complexity index is 388. The number of nitrogens with zero attached hydrogens (tertiary/aromatic N) is 2. The Balaban J connectivity index is 2.50. The van der Waals surface area contributed by atoms with Gasteiger partial charge < -0.3 is 10.2 Å². The zero-order valence-electron chi connectivity index (χ0n) is 11.7. The molecule has 1 unspecified atom stereocenters. The molecule has 18 heavy (non-hydrogen) atoms. The lowest BCUT2D eigenvalue weighted by Crippen LogP contribution is -2.44. The van der Waals surface area contributed by atoms with E-state index in [0.717, 1.165) is 24.5 Å². The maximum atomic E-state index is 12.0. The second-order valence-corrected chi connectivity index (χ2v) is 4.38. The molecule has 100 valence electrons. The van der Waals surface area contributed by atoms with E-state index in [1.165, 1.54) is 0 Å². The summed E-state index contributed by atoms with van der Waals surface area (Å²) in [6, 6.07) is 5.74. The Hall–Kier alpha value is -1.42. The first kappa shape index (κ1) is 14.6. The van der Waals surface area contributed by atoms with E-state index >= 15 is 0 Å². The Morgan fingerprint density at radius 1 is 1.39 bits per heavy atom. The predicted octanol–water partition coefficient (Wildman–Crippen LogP) is 1.74. The number of aromatic nitrogens is 1. The van der Waals surface area contributed by atoms with Crippen molar-refractivity contribution in [2.24, 2.45) is 0 Å². The van der Waals surface area contributed by atoms with Crippen molar-refractivity contribution >= 4 is 5.91 Å². The molecular weight excluding hydrogens is 226 g/mol. The summed E-state index contributed by atoms with van der Waals surface area (Å²) in [4.78, 5) is 18.3. The molecule has 0 aromatic carbocycles. The molecule has 1 atom stereocenters. The molecule has 0 aliphatic heterocycles. The number of aryl methyl sites for hydroxylation is 1. The molecule has 4 nitrogen and oxygen atoms in total. The molecule has 0 saturated carbocycles. The van der Waals surface area contributed by atoms with Crippen LogP contribution in [0.4, 0.5) is 0 Å². The molecule has 1 amide bonds. The molecule has 1 N–H and O–H groups in total. The van der Waals surface area contributed by atoms with Crippen molar-refractivity contribution in [1.82, 2.24) is 15.2 Å². The van der Waals surface area contributed by atoms with Gasteiger partial charge in [-0.25, -0.2) is 0 Å². The number of carbonyl (C=O) groups excluding carboxylic acids is 1. The molecule has 0 spiro atoms. The highest BCUT2D eigenvalue weighted by atomic mass is 16.2. The third-order valence-corrected chi connectivity index (χ3v) is 2.98. The lowest BCUT2D eigenvalue weighted by atomic mass is 10.2. The SMILES string of the molecule is CCN(CC)C(=O)C(C)NCc1cccc(C)n1. The molecule has 1 aromatic heterocycles. The summed E-state index contributed by atoms with van der Waals surface area (Å²) in [6.07, 6.45) is 0. The molecule has 4 heteroatoms. The third kappa shape index (κ3) is 4.11. The zero-order valence-corrected chi connectivity index (χ0v) is 11.7. The van der Waals surface area contributed by atoms with Gasteiger partial charge >= 0.3 is 0 Å². The van der Waals surface area contributed by atoms with Gasteiger partial charge in [0, 0.05) is 25.3 Å². The van der Waals surface area contributed by atoms with Crippen LogP contribution in [0.5, 0.6) is 0 Å². The highest BCUT2D eigenvalue weighted by Gasteiger charge is 2.17. The van der Waals surface area contributed by atoms with E-state index < -0.39 is 0 Å². The van der Waals surface area contributed by atoms with Crippen LogP contribution in [0.2, 0.25) is 0 Å². The largest absolute Gasteiger partial charge is 0.342 e. The lowest BCUT2D eigenvalue weighted by molar-refractivity contribution is -0.132. The van der Waals surface area contributed by atoms with Crippen LogP contribution in [-0.2, 0) is 11.3 Å². The number of likely N-dealkylation sites (N-methyl/N-ethyl adjacent to an activating group) is 1. The fraction of sp³-hybridized carbons (Fsp3) is 0.571. The van der Waals surface area contributed by atoms with Gasteiger partial charge in [0.05, 0.1) is 11.7 Å². The van der Waals surface area contributed by atoms with Gasteiger partial charge in [0.25, 0.3) is 0 Å². The summed E-state index contributed by atoms with van der Waals surface area (Å²) >= 11 is 0. The van der Waals surface area contributed by atoms with Crippen LogP contribution in [0.1, 0.15) is 32.2 Å². The number of pyridine rings is 1. The van der Waals surface area contributed by atoms with Crippen LogP contribution in [0, 0.1) is 6.92 Å². The number of carbonyl (C=O) groups is 1. The summed E-state index contributed by atoms with van der Waals surface area (Å²) in [5.41, 5.74) is 1.96. The van der Waals surface area contributed by atoms with Gasteiger partial charge in [-0.05, 0) is 39.8 Å². The van der Waals surface area contributed by atoms with Crippen LogP contribution in [0.3, 0.4) is 0 Å². The van der Waals surface area contributed by atoms with Gasteiger partial charge in [0.15, 0.2) is 0 Å². The average Bonchev–Trinajstić information content (AvgIpc) is 2.37. The summed E-state index contributed by atoms with van der Waals surface area (Å²) in [5.74, 6) is 0.146. The first-order valence-corrected chi connectivity index (χ1v) is 6.53. The fourth-order valence-electron chi connectivity index (χ4n) is 1.85.